The molecule has 1 spiro atoms. The Hall–Kier alpha value is -2.19. The average Bonchev–Trinajstić information content (AvgIpc) is 3.35. The van der Waals surface area contributed by atoms with Gasteiger partial charge in [0, 0.05) is 19.1 Å². The highest BCUT2D eigenvalue weighted by molar-refractivity contribution is 5.98. The molecule has 3 heterocycles. The molecule has 4 rings (SSSR count). The fraction of sp³-hybridized carbons (Fsp3) is 0.741. The van der Waals surface area contributed by atoms with Crippen LogP contribution in [-0.2, 0) is 23.9 Å². The normalized spacial score (nSPS) is 36.2. The lowest BCUT2D eigenvalue weighted by Crippen LogP contribution is -2.58. The number of fused-ring (bicyclic) bond motifs is 1. The fourth-order valence-corrected chi connectivity index (χ4v) is 7.17. The third-order valence-corrected chi connectivity index (χ3v) is 8.83. The number of esters is 1. The molecule has 0 aromatic carbocycles. The zero-order valence-corrected chi connectivity index (χ0v) is 21.1. The number of carbonyl (C=O) groups is 3. The van der Waals surface area contributed by atoms with Crippen LogP contribution in [0.3, 0.4) is 0 Å². The molecule has 3 saturated heterocycles. The maximum Gasteiger partial charge on any atom is 0.312 e. The first-order chi connectivity index (χ1) is 16.8. The van der Waals surface area contributed by atoms with Gasteiger partial charge in [-0.3, -0.25) is 14.4 Å². The van der Waals surface area contributed by atoms with E-state index in [9.17, 15) is 19.5 Å². The summed E-state index contributed by atoms with van der Waals surface area (Å²) in [5.41, 5.74) is -2.02. The van der Waals surface area contributed by atoms with Gasteiger partial charge in [-0.25, -0.2) is 0 Å². The number of amides is 2. The highest BCUT2D eigenvalue weighted by atomic mass is 16.6. The van der Waals surface area contributed by atoms with Crippen LogP contribution in [0.1, 0.15) is 58.8 Å². The molecule has 2 bridgehead atoms. The van der Waals surface area contributed by atoms with Gasteiger partial charge in [-0.15, -0.1) is 13.2 Å². The lowest BCUT2D eigenvalue weighted by atomic mass is 9.62. The second-order valence-corrected chi connectivity index (χ2v) is 10.8. The summed E-state index contributed by atoms with van der Waals surface area (Å²) in [4.78, 5) is 44.8. The predicted octanol–water partition coefficient (Wildman–Crippen LogP) is 2.46. The molecular weight excluding hydrogens is 448 g/mol. The number of aliphatic hydroxyl groups is 1. The van der Waals surface area contributed by atoms with Crippen molar-refractivity contribution < 1.29 is 29.0 Å². The Morgan fingerprint density at radius 2 is 1.97 bits per heavy atom. The summed E-state index contributed by atoms with van der Waals surface area (Å²) < 4.78 is 12.2. The molecule has 4 aliphatic rings. The molecule has 35 heavy (non-hydrogen) atoms. The van der Waals surface area contributed by atoms with E-state index in [1.54, 1.807) is 12.2 Å². The lowest BCUT2D eigenvalue weighted by Gasteiger charge is -2.40. The standard InChI is InChI=1S/C27H40N2O6/c1-5-7-16-34-25(33)21-20-23(31)29(14-15-30)22(27(20)17-18(3)26(21,4)35-27)24(32)28(13-6-2)19-11-9-8-10-12-19/h5-6,18-22,30H,1-2,7-17H2,3-4H3/t18?,20-,21-,22?,26+,27?/m0/s1. The van der Waals surface area contributed by atoms with Gasteiger partial charge in [-0.05, 0) is 38.5 Å². The van der Waals surface area contributed by atoms with Gasteiger partial charge in [-0.2, -0.15) is 0 Å². The number of hydrogen-bond acceptors (Lipinski definition) is 6. The first kappa shape index (κ1) is 25.9. The predicted molar refractivity (Wildman–Crippen MR) is 130 cm³/mol. The topological polar surface area (TPSA) is 96.4 Å². The average molecular weight is 489 g/mol. The van der Waals surface area contributed by atoms with Gasteiger partial charge >= 0.3 is 5.97 Å². The lowest BCUT2D eigenvalue weighted by molar-refractivity contribution is -0.162. The number of likely N-dealkylation sites (tertiary alicyclic amines) is 1. The van der Waals surface area contributed by atoms with Crippen LogP contribution in [0.5, 0.6) is 0 Å². The van der Waals surface area contributed by atoms with E-state index < -0.39 is 35.0 Å². The van der Waals surface area contributed by atoms with Crippen molar-refractivity contribution >= 4 is 17.8 Å². The van der Waals surface area contributed by atoms with Crippen molar-refractivity contribution in [3.05, 3.63) is 25.3 Å². The maximum absolute atomic E-state index is 14.3. The molecule has 1 saturated carbocycles. The smallest absolute Gasteiger partial charge is 0.312 e. The second kappa shape index (κ2) is 10.1. The van der Waals surface area contributed by atoms with Gasteiger partial charge in [0.2, 0.25) is 11.8 Å². The minimum absolute atomic E-state index is 0.0206. The summed E-state index contributed by atoms with van der Waals surface area (Å²) in [7, 11) is 0. The van der Waals surface area contributed by atoms with Crippen LogP contribution < -0.4 is 0 Å². The van der Waals surface area contributed by atoms with Crippen molar-refractivity contribution in [2.45, 2.75) is 82.1 Å². The summed E-state index contributed by atoms with van der Waals surface area (Å²) >= 11 is 0. The SMILES string of the molecule is C=CCCOC(=O)[C@@H]1[C@H]2C(=O)N(CCO)C(C(=O)N(CC=C)C3CCCCC3)C23CC(C)[C@@]1(C)O3. The van der Waals surface area contributed by atoms with Crippen LogP contribution in [0.4, 0.5) is 0 Å². The summed E-state index contributed by atoms with van der Waals surface area (Å²) in [6.45, 7) is 11.7. The number of nitrogens with zero attached hydrogens (tertiary/aromatic N) is 2. The van der Waals surface area contributed by atoms with Crippen molar-refractivity contribution in [2.24, 2.45) is 17.8 Å². The van der Waals surface area contributed by atoms with Crippen molar-refractivity contribution in [1.29, 1.82) is 0 Å². The van der Waals surface area contributed by atoms with Gasteiger partial charge in [0.15, 0.2) is 0 Å². The Bertz CT molecular complexity index is 870. The van der Waals surface area contributed by atoms with Crippen LogP contribution in [0, 0.1) is 17.8 Å². The third-order valence-electron chi connectivity index (χ3n) is 8.83. The van der Waals surface area contributed by atoms with E-state index in [0.717, 1.165) is 32.1 Å². The Morgan fingerprint density at radius 1 is 1.26 bits per heavy atom. The molecule has 1 N–H and O–H groups in total. The second-order valence-electron chi connectivity index (χ2n) is 10.8. The minimum Gasteiger partial charge on any atom is -0.465 e. The molecule has 0 aromatic heterocycles. The van der Waals surface area contributed by atoms with Crippen LogP contribution in [0.2, 0.25) is 0 Å². The molecule has 3 unspecified atom stereocenters. The summed E-state index contributed by atoms with van der Waals surface area (Å²) in [5, 5.41) is 9.81. The van der Waals surface area contributed by atoms with Crippen molar-refractivity contribution in [2.75, 3.05) is 26.3 Å². The van der Waals surface area contributed by atoms with Gasteiger partial charge in [0.25, 0.3) is 0 Å². The van der Waals surface area contributed by atoms with Crippen LogP contribution in [-0.4, -0.2) is 82.3 Å². The Balaban J connectivity index is 1.73. The minimum atomic E-state index is -1.12. The first-order valence-corrected chi connectivity index (χ1v) is 13.1. The number of β-amino-alcohol motifs (C(OH)–C–C–N with tert-alkyl or cyclic N) is 1. The fourth-order valence-electron chi connectivity index (χ4n) is 7.17. The molecule has 0 radical (unpaired) electrons. The van der Waals surface area contributed by atoms with E-state index in [0.29, 0.717) is 19.4 Å². The number of aliphatic hydroxyl groups excluding tert-OH is 1. The van der Waals surface area contributed by atoms with Gasteiger partial charge < -0.3 is 24.4 Å². The number of hydrogen-bond donors (Lipinski definition) is 1. The summed E-state index contributed by atoms with van der Waals surface area (Å²) in [6, 6.07) is -0.800. The van der Waals surface area contributed by atoms with E-state index in [2.05, 4.69) is 13.2 Å². The number of ether oxygens (including phenoxy) is 2. The Morgan fingerprint density at radius 3 is 2.60 bits per heavy atom. The van der Waals surface area contributed by atoms with E-state index >= 15 is 0 Å². The number of rotatable bonds is 10. The molecule has 1 aliphatic carbocycles. The van der Waals surface area contributed by atoms with Gasteiger partial charge in [-0.1, -0.05) is 38.3 Å². The summed E-state index contributed by atoms with van der Waals surface area (Å²) in [6.07, 6.45) is 9.55. The van der Waals surface area contributed by atoms with E-state index in [1.807, 2.05) is 18.7 Å². The zero-order chi connectivity index (χ0) is 25.4. The Labute approximate surface area is 208 Å². The van der Waals surface area contributed by atoms with Gasteiger partial charge in [0.05, 0.1) is 24.7 Å². The highest BCUT2D eigenvalue weighted by Crippen LogP contribution is 2.65. The number of carbonyl (C=O) groups excluding carboxylic acids is 3. The molecule has 8 nitrogen and oxygen atoms in total. The molecule has 2 amide bonds. The van der Waals surface area contributed by atoms with E-state index in [1.165, 1.54) is 4.90 Å². The maximum atomic E-state index is 14.3. The summed E-state index contributed by atoms with van der Waals surface area (Å²) in [5.74, 6) is -2.59. The van der Waals surface area contributed by atoms with Crippen molar-refractivity contribution in [3.63, 3.8) is 0 Å². The molecule has 6 atom stereocenters. The molecule has 3 aliphatic heterocycles. The van der Waals surface area contributed by atoms with Crippen LogP contribution in [0.25, 0.3) is 0 Å². The van der Waals surface area contributed by atoms with Crippen LogP contribution >= 0.6 is 0 Å². The van der Waals surface area contributed by atoms with E-state index in [-0.39, 0.29) is 43.5 Å². The largest absolute Gasteiger partial charge is 0.465 e. The molecule has 194 valence electrons. The van der Waals surface area contributed by atoms with Crippen molar-refractivity contribution in [3.8, 4) is 0 Å². The van der Waals surface area contributed by atoms with Crippen molar-refractivity contribution in [1.82, 2.24) is 9.80 Å². The monoisotopic (exact) mass is 488 g/mol. The van der Waals surface area contributed by atoms with Gasteiger partial charge in [0.1, 0.15) is 17.6 Å². The Kier molecular flexibility index (Phi) is 7.44. The van der Waals surface area contributed by atoms with Crippen LogP contribution in [0.15, 0.2) is 25.3 Å². The zero-order valence-electron chi connectivity index (χ0n) is 21.1. The molecular formula is C27H40N2O6. The molecule has 8 heteroatoms. The highest BCUT2D eigenvalue weighted by Gasteiger charge is 2.80. The molecule has 4 fully saturated rings. The quantitative estimate of drug-likeness (QED) is 0.288. The first-order valence-electron chi connectivity index (χ1n) is 13.1. The molecule has 0 aromatic rings. The third kappa shape index (κ3) is 4.02. The van der Waals surface area contributed by atoms with E-state index in [4.69, 9.17) is 9.47 Å².